The van der Waals surface area contributed by atoms with Crippen LogP contribution in [0.3, 0.4) is 0 Å². The van der Waals surface area contributed by atoms with Crippen LogP contribution in [0.15, 0.2) is 36.4 Å². The lowest BCUT2D eigenvalue weighted by atomic mass is 10.1. The monoisotopic (exact) mass is 414 g/mol. The first kappa shape index (κ1) is 20.5. The average Bonchev–Trinajstić information content (AvgIpc) is 3.57. The molecule has 1 saturated heterocycles. The Morgan fingerprint density at radius 1 is 1.13 bits per heavy atom. The predicted octanol–water partition coefficient (Wildman–Crippen LogP) is 3.71. The summed E-state index contributed by atoms with van der Waals surface area (Å²) >= 11 is 0. The van der Waals surface area contributed by atoms with Crippen molar-refractivity contribution in [2.24, 2.45) is 5.92 Å². The largest absolute Gasteiger partial charge is 0.374 e. The van der Waals surface area contributed by atoms with E-state index in [1.807, 2.05) is 11.8 Å². The van der Waals surface area contributed by atoms with E-state index in [9.17, 15) is 18.4 Å². The number of nitrogens with zero attached hydrogens (tertiary/aromatic N) is 1. The maximum absolute atomic E-state index is 13.4. The van der Waals surface area contributed by atoms with Gasteiger partial charge in [-0.2, -0.15) is 0 Å². The summed E-state index contributed by atoms with van der Waals surface area (Å²) in [7, 11) is 0. The molecule has 2 aliphatic rings. The summed E-state index contributed by atoms with van der Waals surface area (Å²) in [4.78, 5) is 27.2. The van der Waals surface area contributed by atoms with Crippen LogP contribution in [0.25, 0.3) is 0 Å². The second-order valence-electron chi connectivity index (χ2n) is 8.00. The second kappa shape index (κ2) is 8.52. The third-order valence-electron chi connectivity index (χ3n) is 5.64. The van der Waals surface area contributed by atoms with Crippen molar-refractivity contribution in [2.75, 3.05) is 25.0 Å². The number of nitrogens with one attached hydrogen (secondary N) is 1. The van der Waals surface area contributed by atoms with E-state index in [1.165, 1.54) is 6.07 Å². The Labute approximate surface area is 174 Å². The van der Waals surface area contributed by atoms with Gasteiger partial charge in [0.1, 0.15) is 0 Å². The van der Waals surface area contributed by atoms with Gasteiger partial charge in [0.2, 0.25) is 5.91 Å². The Kier molecular flexibility index (Phi) is 5.81. The number of hydrogen-bond donors (Lipinski definition) is 1. The molecule has 2 fully saturated rings. The first-order valence-corrected chi connectivity index (χ1v) is 10.2. The molecule has 0 aromatic heterocycles. The van der Waals surface area contributed by atoms with E-state index in [2.05, 4.69) is 5.32 Å². The van der Waals surface area contributed by atoms with Crippen molar-refractivity contribution in [3.63, 3.8) is 0 Å². The molecule has 1 saturated carbocycles. The van der Waals surface area contributed by atoms with Crippen molar-refractivity contribution in [3.05, 3.63) is 64.7 Å². The van der Waals surface area contributed by atoms with Gasteiger partial charge in [0.15, 0.2) is 11.6 Å². The number of rotatable bonds is 5. The van der Waals surface area contributed by atoms with E-state index < -0.39 is 11.6 Å². The van der Waals surface area contributed by atoms with Crippen LogP contribution in [-0.2, 0) is 16.0 Å². The van der Waals surface area contributed by atoms with Gasteiger partial charge in [0.05, 0.1) is 19.1 Å². The van der Waals surface area contributed by atoms with Gasteiger partial charge in [-0.1, -0.05) is 12.1 Å². The Balaban J connectivity index is 1.43. The highest BCUT2D eigenvalue weighted by atomic mass is 19.2. The summed E-state index contributed by atoms with van der Waals surface area (Å²) in [6.45, 7) is 3.51. The summed E-state index contributed by atoms with van der Waals surface area (Å²) in [6, 6.07) is 8.60. The molecule has 1 N–H and O–H groups in total. The van der Waals surface area contributed by atoms with Crippen molar-refractivity contribution < 1.29 is 23.1 Å². The topological polar surface area (TPSA) is 58.6 Å². The number of amides is 2. The minimum absolute atomic E-state index is 0.0833. The van der Waals surface area contributed by atoms with Crippen LogP contribution in [0, 0.1) is 24.5 Å². The van der Waals surface area contributed by atoms with E-state index in [0.29, 0.717) is 42.4 Å². The molecule has 1 atom stereocenters. The standard InChI is InChI=1S/C23H24F2N2O3/c1-14-2-4-17(23(29)27-8-9-30-21(13-27)16-5-6-16)12-20(14)26-22(28)11-15-3-7-18(24)19(25)10-15/h2-4,7,10,12,16,21H,5-6,8-9,11,13H2,1H3,(H,26,28). The van der Waals surface area contributed by atoms with Crippen LogP contribution >= 0.6 is 0 Å². The Hall–Kier alpha value is -2.80. The molecule has 0 radical (unpaired) electrons. The van der Waals surface area contributed by atoms with Crippen LogP contribution in [-0.4, -0.2) is 42.5 Å². The number of morpholine rings is 1. The van der Waals surface area contributed by atoms with Crippen molar-refractivity contribution in [1.82, 2.24) is 4.90 Å². The molecule has 0 spiro atoms. The van der Waals surface area contributed by atoms with Gasteiger partial charge in [-0.05, 0) is 61.1 Å². The number of anilines is 1. The minimum atomic E-state index is -0.987. The van der Waals surface area contributed by atoms with Gasteiger partial charge in [0.25, 0.3) is 5.91 Å². The fraction of sp³-hybridized carbons (Fsp3) is 0.391. The van der Waals surface area contributed by atoms with E-state index in [-0.39, 0.29) is 24.3 Å². The number of halogens is 2. The predicted molar refractivity (Wildman–Crippen MR) is 108 cm³/mol. The fourth-order valence-electron chi connectivity index (χ4n) is 3.71. The normalized spacial score (nSPS) is 18.9. The third kappa shape index (κ3) is 4.67. The smallest absolute Gasteiger partial charge is 0.254 e. The summed E-state index contributed by atoms with van der Waals surface area (Å²) in [5.41, 5.74) is 2.21. The molecule has 2 amide bonds. The molecule has 1 heterocycles. The zero-order valence-electron chi connectivity index (χ0n) is 16.8. The summed E-state index contributed by atoms with van der Waals surface area (Å²) in [6.07, 6.45) is 2.33. The highest BCUT2D eigenvalue weighted by Gasteiger charge is 2.36. The molecule has 4 rings (SSSR count). The molecule has 1 aliphatic carbocycles. The second-order valence-corrected chi connectivity index (χ2v) is 8.00. The lowest BCUT2D eigenvalue weighted by Gasteiger charge is -2.33. The first-order valence-electron chi connectivity index (χ1n) is 10.2. The lowest BCUT2D eigenvalue weighted by molar-refractivity contribution is -0.115. The summed E-state index contributed by atoms with van der Waals surface area (Å²) < 4.78 is 32.2. The van der Waals surface area contributed by atoms with Gasteiger partial charge in [-0.15, -0.1) is 0 Å². The molecular formula is C23H24F2N2O3. The summed E-state index contributed by atoms with van der Waals surface area (Å²) in [5, 5.41) is 2.78. The molecule has 2 aromatic carbocycles. The van der Waals surface area contributed by atoms with Crippen molar-refractivity contribution in [3.8, 4) is 0 Å². The number of carbonyl (C=O) groups is 2. The van der Waals surface area contributed by atoms with Crippen LogP contribution in [0.1, 0.15) is 34.3 Å². The Bertz CT molecular complexity index is 975. The van der Waals surface area contributed by atoms with Gasteiger partial charge >= 0.3 is 0 Å². The lowest BCUT2D eigenvalue weighted by Crippen LogP contribution is -2.46. The Morgan fingerprint density at radius 2 is 1.93 bits per heavy atom. The van der Waals surface area contributed by atoms with Gasteiger partial charge in [-0.25, -0.2) is 8.78 Å². The molecular weight excluding hydrogens is 390 g/mol. The van der Waals surface area contributed by atoms with Crippen molar-refractivity contribution in [1.29, 1.82) is 0 Å². The average molecular weight is 414 g/mol. The zero-order chi connectivity index (χ0) is 21.3. The van der Waals surface area contributed by atoms with Crippen molar-refractivity contribution in [2.45, 2.75) is 32.3 Å². The van der Waals surface area contributed by atoms with Crippen molar-refractivity contribution >= 4 is 17.5 Å². The van der Waals surface area contributed by atoms with E-state index in [0.717, 1.165) is 30.5 Å². The highest BCUT2D eigenvalue weighted by molar-refractivity contribution is 5.98. The molecule has 5 nitrogen and oxygen atoms in total. The number of benzene rings is 2. The molecule has 158 valence electrons. The van der Waals surface area contributed by atoms with Crippen LogP contribution in [0.4, 0.5) is 14.5 Å². The van der Waals surface area contributed by atoms with Gasteiger partial charge in [-0.3, -0.25) is 9.59 Å². The van der Waals surface area contributed by atoms with Crippen LogP contribution in [0.5, 0.6) is 0 Å². The number of carbonyl (C=O) groups excluding carboxylic acids is 2. The van der Waals surface area contributed by atoms with Gasteiger partial charge in [0, 0.05) is 24.3 Å². The van der Waals surface area contributed by atoms with E-state index >= 15 is 0 Å². The summed E-state index contributed by atoms with van der Waals surface area (Å²) in [5.74, 6) is -1.83. The highest BCUT2D eigenvalue weighted by Crippen LogP contribution is 2.36. The molecule has 2 aromatic rings. The van der Waals surface area contributed by atoms with Crippen LogP contribution in [0.2, 0.25) is 0 Å². The first-order chi connectivity index (χ1) is 14.4. The Morgan fingerprint density at radius 3 is 2.67 bits per heavy atom. The minimum Gasteiger partial charge on any atom is -0.374 e. The number of hydrogen-bond acceptors (Lipinski definition) is 3. The number of aryl methyl sites for hydroxylation is 1. The maximum atomic E-state index is 13.4. The fourth-order valence-corrected chi connectivity index (χ4v) is 3.71. The maximum Gasteiger partial charge on any atom is 0.254 e. The molecule has 7 heteroatoms. The quantitative estimate of drug-likeness (QED) is 0.812. The zero-order valence-corrected chi connectivity index (χ0v) is 16.8. The number of ether oxygens (including phenoxy) is 1. The molecule has 1 unspecified atom stereocenters. The molecule has 0 bridgehead atoms. The van der Waals surface area contributed by atoms with Gasteiger partial charge < -0.3 is 15.0 Å². The van der Waals surface area contributed by atoms with E-state index in [4.69, 9.17) is 4.74 Å². The van der Waals surface area contributed by atoms with Crippen LogP contribution < -0.4 is 5.32 Å². The molecule has 1 aliphatic heterocycles. The third-order valence-corrected chi connectivity index (χ3v) is 5.64. The van der Waals surface area contributed by atoms with E-state index in [1.54, 1.807) is 18.2 Å². The SMILES string of the molecule is Cc1ccc(C(=O)N2CCOC(C3CC3)C2)cc1NC(=O)Cc1ccc(F)c(F)c1. The molecule has 30 heavy (non-hydrogen) atoms.